The lowest BCUT2D eigenvalue weighted by molar-refractivity contribution is -0.138. The van der Waals surface area contributed by atoms with Crippen LogP contribution < -0.4 is 16.4 Å². The standard InChI is InChI=1S/C17H29N3O4S/c18-12(16(22)23)8-3-1-2-6-11(21)7-4-5-9-14-15-13(10-25-14)19-17(24)20-15/h12-15H,1-10,18H2,(H,22,23)(H2,19,20,24). The fraction of sp³-hybridized carbons (Fsp3) is 0.824. The molecule has 4 unspecified atom stereocenters. The number of Topliss-reactive ketones (excluding diaryl/α,β-unsaturated/α-hetero) is 1. The van der Waals surface area contributed by atoms with Gasteiger partial charge < -0.3 is 21.5 Å². The van der Waals surface area contributed by atoms with Gasteiger partial charge in [0.25, 0.3) is 0 Å². The van der Waals surface area contributed by atoms with E-state index < -0.39 is 12.0 Å². The first kappa shape index (κ1) is 20.0. The molecule has 2 saturated heterocycles. The number of urea groups is 1. The number of unbranched alkanes of at least 4 members (excludes halogenated alkanes) is 3. The molecule has 2 fully saturated rings. The zero-order chi connectivity index (χ0) is 18.2. The first-order chi connectivity index (χ1) is 12.0. The maximum absolute atomic E-state index is 11.9. The third kappa shape index (κ3) is 6.51. The maximum atomic E-state index is 11.9. The summed E-state index contributed by atoms with van der Waals surface area (Å²) >= 11 is 1.90. The molecule has 0 bridgehead atoms. The monoisotopic (exact) mass is 371 g/mol. The highest BCUT2D eigenvalue weighted by Gasteiger charge is 2.42. The summed E-state index contributed by atoms with van der Waals surface area (Å²) in [6.45, 7) is 0. The molecule has 25 heavy (non-hydrogen) atoms. The molecule has 0 spiro atoms. The predicted octanol–water partition coefficient (Wildman–Crippen LogP) is 1.64. The Bertz CT molecular complexity index is 489. The molecule has 142 valence electrons. The average Bonchev–Trinajstić information content (AvgIpc) is 3.10. The van der Waals surface area contributed by atoms with Crippen LogP contribution in [0.3, 0.4) is 0 Å². The third-order valence-corrected chi connectivity index (χ3v) is 6.43. The van der Waals surface area contributed by atoms with E-state index in [-0.39, 0.29) is 23.9 Å². The fourth-order valence-corrected chi connectivity index (χ4v) is 4.97. The Morgan fingerprint density at radius 3 is 2.60 bits per heavy atom. The van der Waals surface area contributed by atoms with E-state index in [1.165, 1.54) is 0 Å². The molecule has 0 saturated carbocycles. The van der Waals surface area contributed by atoms with Crippen molar-refractivity contribution in [2.45, 2.75) is 81.2 Å². The summed E-state index contributed by atoms with van der Waals surface area (Å²) < 4.78 is 0. The lowest BCUT2D eigenvalue weighted by atomic mass is 10.0. The SMILES string of the molecule is NC(CCCCCC(=O)CCCCC1SCC2NC(=O)NC21)C(=O)O. The highest BCUT2D eigenvalue weighted by Crippen LogP contribution is 2.33. The van der Waals surface area contributed by atoms with Gasteiger partial charge in [0.2, 0.25) is 0 Å². The second-order valence-corrected chi connectivity index (χ2v) is 8.22. The second-order valence-electron chi connectivity index (χ2n) is 6.95. The number of aliphatic carboxylic acids is 1. The molecular formula is C17H29N3O4S. The number of amides is 2. The van der Waals surface area contributed by atoms with E-state index in [2.05, 4.69) is 10.6 Å². The largest absolute Gasteiger partial charge is 0.480 e. The van der Waals surface area contributed by atoms with Gasteiger partial charge in [0.15, 0.2) is 0 Å². The molecule has 0 aromatic heterocycles. The molecule has 0 aromatic carbocycles. The Morgan fingerprint density at radius 2 is 1.88 bits per heavy atom. The van der Waals surface area contributed by atoms with Crippen LogP contribution in [0.25, 0.3) is 0 Å². The van der Waals surface area contributed by atoms with E-state index in [4.69, 9.17) is 10.8 Å². The highest BCUT2D eigenvalue weighted by atomic mass is 32.2. The molecule has 0 radical (unpaired) electrons. The number of nitrogens with one attached hydrogen (secondary N) is 2. The molecule has 2 rings (SSSR count). The van der Waals surface area contributed by atoms with Crippen molar-refractivity contribution in [2.75, 3.05) is 5.75 Å². The average molecular weight is 372 g/mol. The van der Waals surface area contributed by atoms with Gasteiger partial charge in [0, 0.05) is 23.8 Å². The van der Waals surface area contributed by atoms with E-state index in [1.807, 2.05) is 11.8 Å². The smallest absolute Gasteiger partial charge is 0.320 e. The van der Waals surface area contributed by atoms with Crippen LogP contribution >= 0.6 is 11.8 Å². The van der Waals surface area contributed by atoms with Gasteiger partial charge in [-0.15, -0.1) is 0 Å². The molecule has 4 atom stereocenters. The van der Waals surface area contributed by atoms with Crippen LogP contribution in [0.4, 0.5) is 4.79 Å². The number of carbonyl (C=O) groups excluding carboxylic acids is 2. The van der Waals surface area contributed by atoms with Crippen LogP contribution in [-0.2, 0) is 9.59 Å². The number of carboxylic acid groups (broad SMARTS) is 1. The fourth-order valence-electron chi connectivity index (χ4n) is 3.42. The minimum Gasteiger partial charge on any atom is -0.480 e. The van der Waals surface area contributed by atoms with Crippen LogP contribution in [0.1, 0.15) is 57.8 Å². The Balaban J connectivity index is 1.46. The zero-order valence-electron chi connectivity index (χ0n) is 14.5. The molecule has 2 aliphatic rings. The van der Waals surface area contributed by atoms with Crippen molar-refractivity contribution in [2.24, 2.45) is 5.73 Å². The Kier molecular flexibility index (Phi) is 8.02. The minimum atomic E-state index is -0.962. The lowest BCUT2D eigenvalue weighted by Crippen LogP contribution is -2.36. The lowest BCUT2D eigenvalue weighted by Gasteiger charge is -2.16. The van der Waals surface area contributed by atoms with Crippen LogP contribution in [0.2, 0.25) is 0 Å². The van der Waals surface area contributed by atoms with E-state index in [0.717, 1.165) is 44.3 Å². The zero-order valence-corrected chi connectivity index (χ0v) is 15.4. The van der Waals surface area contributed by atoms with Crippen LogP contribution in [0.15, 0.2) is 0 Å². The van der Waals surface area contributed by atoms with Gasteiger partial charge in [0.1, 0.15) is 11.8 Å². The van der Waals surface area contributed by atoms with Gasteiger partial charge >= 0.3 is 12.0 Å². The van der Waals surface area contributed by atoms with Crippen molar-refractivity contribution < 1.29 is 19.5 Å². The number of hydrogen-bond acceptors (Lipinski definition) is 5. The van der Waals surface area contributed by atoms with E-state index in [9.17, 15) is 14.4 Å². The predicted molar refractivity (Wildman–Crippen MR) is 97.7 cm³/mol. The molecule has 5 N–H and O–H groups in total. The van der Waals surface area contributed by atoms with Gasteiger partial charge in [-0.05, 0) is 25.7 Å². The summed E-state index contributed by atoms with van der Waals surface area (Å²) in [5, 5.41) is 15.1. The minimum absolute atomic E-state index is 0.0558. The topological polar surface area (TPSA) is 122 Å². The molecule has 7 nitrogen and oxygen atoms in total. The normalized spacial score (nSPS) is 26.0. The summed E-state index contributed by atoms with van der Waals surface area (Å²) in [7, 11) is 0. The molecule has 2 heterocycles. The van der Waals surface area contributed by atoms with Crippen LogP contribution in [-0.4, -0.2) is 52.0 Å². The summed E-state index contributed by atoms with van der Waals surface area (Å²) in [6, 6.07) is -0.341. The highest BCUT2D eigenvalue weighted by molar-refractivity contribution is 8.00. The quantitative estimate of drug-likeness (QED) is 0.306. The van der Waals surface area contributed by atoms with Gasteiger partial charge in [0.05, 0.1) is 12.1 Å². The molecule has 8 heteroatoms. The summed E-state index contributed by atoms with van der Waals surface area (Å²) in [6.07, 6.45) is 7.02. The molecule has 2 amide bonds. The van der Waals surface area contributed by atoms with Gasteiger partial charge in [-0.1, -0.05) is 19.3 Å². The molecular weight excluding hydrogens is 342 g/mol. The first-order valence-corrected chi connectivity index (χ1v) is 10.2. The summed E-state index contributed by atoms with van der Waals surface area (Å²) in [5.41, 5.74) is 5.44. The van der Waals surface area contributed by atoms with Crippen molar-refractivity contribution in [1.82, 2.24) is 10.6 Å². The van der Waals surface area contributed by atoms with Gasteiger partial charge in [-0.25, -0.2) is 4.79 Å². The van der Waals surface area contributed by atoms with E-state index in [1.54, 1.807) is 0 Å². The number of rotatable bonds is 12. The van der Waals surface area contributed by atoms with Crippen molar-refractivity contribution in [3.8, 4) is 0 Å². The molecule has 2 aliphatic heterocycles. The van der Waals surface area contributed by atoms with Crippen LogP contribution in [0, 0.1) is 0 Å². The number of carbonyl (C=O) groups is 3. The summed E-state index contributed by atoms with van der Waals surface area (Å²) in [4.78, 5) is 33.8. The maximum Gasteiger partial charge on any atom is 0.320 e. The van der Waals surface area contributed by atoms with Gasteiger partial charge in [-0.2, -0.15) is 11.8 Å². The Hall–Kier alpha value is -1.28. The Morgan fingerprint density at radius 1 is 1.16 bits per heavy atom. The Labute approximate surface area is 152 Å². The number of nitrogens with two attached hydrogens (primary N) is 1. The van der Waals surface area contributed by atoms with E-state index >= 15 is 0 Å². The van der Waals surface area contributed by atoms with Crippen molar-refractivity contribution >= 4 is 29.5 Å². The number of hydrogen-bond donors (Lipinski definition) is 4. The van der Waals surface area contributed by atoms with Crippen LogP contribution in [0.5, 0.6) is 0 Å². The first-order valence-electron chi connectivity index (χ1n) is 9.16. The number of fused-ring (bicyclic) bond motifs is 1. The second kappa shape index (κ2) is 10.0. The number of thioether (sulfide) groups is 1. The number of ketones is 1. The van der Waals surface area contributed by atoms with E-state index in [0.29, 0.717) is 24.5 Å². The van der Waals surface area contributed by atoms with Crippen molar-refractivity contribution in [3.63, 3.8) is 0 Å². The molecule has 0 aliphatic carbocycles. The number of carboxylic acids is 1. The van der Waals surface area contributed by atoms with Crippen molar-refractivity contribution in [3.05, 3.63) is 0 Å². The van der Waals surface area contributed by atoms with Crippen molar-refractivity contribution in [1.29, 1.82) is 0 Å². The summed E-state index contributed by atoms with van der Waals surface area (Å²) in [5.74, 6) is 0.296. The molecule has 0 aromatic rings. The van der Waals surface area contributed by atoms with Gasteiger partial charge in [-0.3, -0.25) is 9.59 Å². The third-order valence-electron chi connectivity index (χ3n) is 4.92.